The molecule has 0 atom stereocenters. The quantitative estimate of drug-likeness (QED) is 0.887. The third-order valence-corrected chi connectivity index (χ3v) is 3.03. The highest BCUT2D eigenvalue weighted by atomic mass is 79.9. The van der Waals surface area contributed by atoms with Gasteiger partial charge in [-0.15, -0.1) is 0 Å². The topological polar surface area (TPSA) is 50.2 Å². The highest BCUT2D eigenvalue weighted by Gasteiger charge is 2.18. The molecule has 0 saturated carbocycles. The lowest BCUT2D eigenvalue weighted by Gasteiger charge is -2.11. The number of aryl methyl sites for hydroxylation is 1. The molecule has 1 heterocycles. The van der Waals surface area contributed by atoms with Crippen molar-refractivity contribution in [3.8, 4) is 0 Å². The summed E-state index contributed by atoms with van der Waals surface area (Å²) in [4.78, 5) is 15.2. The number of rotatable bonds is 2. The first-order chi connectivity index (χ1) is 6.45. The van der Waals surface area contributed by atoms with Crippen LogP contribution >= 0.6 is 15.9 Å². The molecule has 0 fully saturated rings. The molecule has 1 aromatic rings. The number of carbonyl (C=O) groups is 1. The van der Waals surface area contributed by atoms with E-state index in [9.17, 15) is 4.79 Å². The second-order valence-electron chi connectivity index (χ2n) is 3.45. The van der Waals surface area contributed by atoms with E-state index in [1.54, 1.807) is 13.1 Å². The summed E-state index contributed by atoms with van der Waals surface area (Å²) < 4.78 is 0.580. The average Bonchev–Trinajstić information content (AvgIpc) is 2.08. The Morgan fingerprint density at radius 2 is 2.14 bits per heavy atom. The molecular formula is C10H12BrNO2. The van der Waals surface area contributed by atoms with E-state index in [1.165, 1.54) is 0 Å². The minimum atomic E-state index is -0.911. The maximum atomic E-state index is 11.0. The monoisotopic (exact) mass is 257 g/mol. The van der Waals surface area contributed by atoms with Crippen LogP contribution < -0.4 is 0 Å². The average molecular weight is 258 g/mol. The Kier molecular flexibility index (Phi) is 3.26. The highest BCUT2D eigenvalue weighted by Crippen LogP contribution is 2.27. The predicted octanol–water partition coefficient (Wildman–Crippen LogP) is 2.97. The van der Waals surface area contributed by atoms with Crippen LogP contribution in [0.15, 0.2) is 10.7 Å². The van der Waals surface area contributed by atoms with E-state index in [1.807, 2.05) is 13.8 Å². The number of hydrogen-bond acceptors (Lipinski definition) is 2. The summed E-state index contributed by atoms with van der Waals surface area (Å²) in [6.07, 6.45) is 1.63. The number of carboxylic acids is 1. The van der Waals surface area contributed by atoms with E-state index in [2.05, 4.69) is 20.9 Å². The Balaban J connectivity index is 3.45. The number of pyridine rings is 1. The van der Waals surface area contributed by atoms with E-state index < -0.39 is 5.97 Å². The second kappa shape index (κ2) is 4.09. The van der Waals surface area contributed by atoms with E-state index in [0.717, 1.165) is 5.56 Å². The molecule has 1 rings (SSSR count). The zero-order valence-electron chi connectivity index (χ0n) is 8.34. The van der Waals surface area contributed by atoms with Crippen molar-refractivity contribution in [2.45, 2.75) is 26.7 Å². The van der Waals surface area contributed by atoms with Crippen LogP contribution in [0.4, 0.5) is 0 Å². The fraction of sp³-hybridized carbons (Fsp3) is 0.400. The Morgan fingerprint density at radius 1 is 1.57 bits per heavy atom. The van der Waals surface area contributed by atoms with Crippen LogP contribution in [-0.2, 0) is 0 Å². The molecule has 0 radical (unpaired) electrons. The van der Waals surface area contributed by atoms with Gasteiger partial charge in [0.1, 0.15) is 0 Å². The van der Waals surface area contributed by atoms with Crippen LogP contribution in [0.3, 0.4) is 0 Å². The molecule has 0 amide bonds. The number of aromatic carboxylic acids is 1. The summed E-state index contributed by atoms with van der Waals surface area (Å²) in [5.41, 5.74) is 1.79. The Hall–Kier alpha value is -0.900. The van der Waals surface area contributed by atoms with Gasteiger partial charge in [0.2, 0.25) is 0 Å². The van der Waals surface area contributed by atoms with Crippen LogP contribution in [0.1, 0.15) is 41.4 Å². The zero-order valence-corrected chi connectivity index (χ0v) is 9.92. The lowest BCUT2D eigenvalue weighted by atomic mass is 9.99. The number of halogens is 1. The Labute approximate surface area is 91.3 Å². The molecular weight excluding hydrogens is 246 g/mol. The van der Waals surface area contributed by atoms with Crippen LogP contribution in [0, 0.1) is 6.92 Å². The first-order valence-corrected chi connectivity index (χ1v) is 5.12. The van der Waals surface area contributed by atoms with Gasteiger partial charge in [-0.1, -0.05) is 13.8 Å². The molecule has 1 N–H and O–H groups in total. The molecule has 1 aromatic heterocycles. The summed E-state index contributed by atoms with van der Waals surface area (Å²) >= 11 is 3.26. The van der Waals surface area contributed by atoms with Crippen LogP contribution in [0.25, 0.3) is 0 Å². The summed E-state index contributed by atoms with van der Waals surface area (Å²) in [7, 11) is 0. The normalized spacial score (nSPS) is 10.6. The molecule has 0 unspecified atom stereocenters. The van der Waals surface area contributed by atoms with Crippen molar-refractivity contribution in [3.63, 3.8) is 0 Å². The van der Waals surface area contributed by atoms with Crippen LogP contribution in [0.5, 0.6) is 0 Å². The van der Waals surface area contributed by atoms with Gasteiger partial charge in [0.25, 0.3) is 0 Å². The maximum Gasteiger partial charge on any atom is 0.337 e. The van der Waals surface area contributed by atoms with Gasteiger partial charge in [-0.05, 0) is 34.3 Å². The molecule has 0 aromatic carbocycles. The van der Waals surface area contributed by atoms with Crippen LogP contribution in [0.2, 0.25) is 0 Å². The molecule has 0 aliphatic rings. The summed E-state index contributed by atoms with van der Waals surface area (Å²) in [5.74, 6) is -0.753. The molecule has 0 bridgehead atoms. The molecule has 0 aliphatic heterocycles. The molecule has 76 valence electrons. The van der Waals surface area contributed by atoms with E-state index >= 15 is 0 Å². The summed E-state index contributed by atoms with van der Waals surface area (Å²) in [6, 6.07) is 0. The molecule has 0 aliphatic carbocycles. The fourth-order valence-electron chi connectivity index (χ4n) is 1.25. The smallest absolute Gasteiger partial charge is 0.337 e. The lowest BCUT2D eigenvalue weighted by molar-refractivity contribution is 0.0694. The molecule has 14 heavy (non-hydrogen) atoms. The zero-order chi connectivity index (χ0) is 10.9. The van der Waals surface area contributed by atoms with Crippen LogP contribution in [-0.4, -0.2) is 16.1 Å². The summed E-state index contributed by atoms with van der Waals surface area (Å²) in [5, 5.41) is 9.06. The number of nitrogens with zero attached hydrogens (tertiary/aromatic N) is 1. The number of carboxylic acid groups (broad SMARTS) is 1. The van der Waals surface area contributed by atoms with Gasteiger partial charge in [0.15, 0.2) is 0 Å². The van der Waals surface area contributed by atoms with Crippen molar-refractivity contribution in [3.05, 3.63) is 27.5 Å². The number of hydrogen-bond donors (Lipinski definition) is 1. The van der Waals surface area contributed by atoms with Gasteiger partial charge in [0, 0.05) is 6.20 Å². The van der Waals surface area contributed by atoms with E-state index in [4.69, 9.17) is 5.11 Å². The van der Waals surface area contributed by atoms with Crippen molar-refractivity contribution in [1.82, 2.24) is 4.98 Å². The van der Waals surface area contributed by atoms with E-state index in [-0.39, 0.29) is 5.92 Å². The van der Waals surface area contributed by atoms with Crippen molar-refractivity contribution < 1.29 is 9.90 Å². The SMILES string of the molecule is Cc1ncc(C(C)C)c(C(=O)O)c1Br. The van der Waals surface area contributed by atoms with E-state index in [0.29, 0.717) is 15.7 Å². The minimum absolute atomic E-state index is 0.158. The maximum absolute atomic E-state index is 11.0. The van der Waals surface area contributed by atoms with Gasteiger partial charge >= 0.3 is 5.97 Å². The Bertz CT molecular complexity index is 375. The second-order valence-corrected chi connectivity index (χ2v) is 4.24. The van der Waals surface area contributed by atoms with Crippen molar-refractivity contribution in [2.75, 3.05) is 0 Å². The third kappa shape index (κ3) is 1.95. The number of aromatic nitrogens is 1. The largest absolute Gasteiger partial charge is 0.478 e. The first-order valence-electron chi connectivity index (χ1n) is 4.33. The van der Waals surface area contributed by atoms with Crippen molar-refractivity contribution >= 4 is 21.9 Å². The predicted molar refractivity (Wildman–Crippen MR) is 57.7 cm³/mol. The van der Waals surface area contributed by atoms with Gasteiger partial charge in [-0.2, -0.15) is 0 Å². The standard InChI is InChI=1S/C10H12BrNO2/c1-5(2)7-4-12-6(3)9(11)8(7)10(13)14/h4-5H,1-3H3,(H,13,14). The molecule has 3 nitrogen and oxygen atoms in total. The summed E-state index contributed by atoms with van der Waals surface area (Å²) in [6.45, 7) is 5.68. The first kappa shape index (κ1) is 11.2. The molecule has 4 heteroatoms. The van der Waals surface area contributed by atoms with Gasteiger partial charge in [-0.3, -0.25) is 4.98 Å². The minimum Gasteiger partial charge on any atom is -0.478 e. The fourth-order valence-corrected chi connectivity index (χ4v) is 1.75. The van der Waals surface area contributed by atoms with Crippen molar-refractivity contribution in [2.24, 2.45) is 0 Å². The van der Waals surface area contributed by atoms with Gasteiger partial charge < -0.3 is 5.11 Å². The van der Waals surface area contributed by atoms with Crippen molar-refractivity contribution in [1.29, 1.82) is 0 Å². The molecule has 0 spiro atoms. The lowest BCUT2D eigenvalue weighted by Crippen LogP contribution is -2.07. The van der Waals surface area contributed by atoms with Gasteiger partial charge in [0.05, 0.1) is 15.7 Å². The van der Waals surface area contributed by atoms with Gasteiger partial charge in [-0.25, -0.2) is 4.79 Å². The Morgan fingerprint density at radius 3 is 2.57 bits per heavy atom. The molecule has 0 saturated heterocycles. The third-order valence-electron chi connectivity index (χ3n) is 2.06. The highest BCUT2D eigenvalue weighted by molar-refractivity contribution is 9.10.